The number of hydrogen-bond donors (Lipinski definition) is 0. The van der Waals surface area contributed by atoms with E-state index in [1.54, 1.807) is 31.2 Å². The monoisotopic (exact) mass is 348 g/mol. The zero-order chi connectivity index (χ0) is 18.3. The molecule has 0 bridgehead atoms. The Kier molecular flexibility index (Phi) is 11.4. The Morgan fingerprint density at radius 2 is 1.44 bits per heavy atom. The van der Waals surface area contributed by atoms with Crippen LogP contribution in [0.1, 0.15) is 88.4 Å². The highest BCUT2D eigenvalue weighted by atomic mass is 16.7. The molecule has 1 unspecified atom stereocenters. The molecule has 140 valence electrons. The van der Waals surface area contributed by atoms with Gasteiger partial charge in [0.2, 0.25) is 6.29 Å². The van der Waals surface area contributed by atoms with Gasteiger partial charge in [0.1, 0.15) is 0 Å². The van der Waals surface area contributed by atoms with Crippen molar-refractivity contribution in [3.05, 3.63) is 35.9 Å². The van der Waals surface area contributed by atoms with Crippen LogP contribution in [0.5, 0.6) is 0 Å². The predicted molar refractivity (Wildman–Crippen MR) is 99.3 cm³/mol. The highest BCUT2D eigenvalue weighted by molar-refractivity contribution is 5.89. The second-order valence-electron chi connectivity index (χ2n) is 6.31. The molecule has 0 amide bonds. The van der Waals surface area contributed by atoms with E-state index < -0.39 is 12.3 Å². The summed E-state index contributed by atoms with van der Waals surface area (Å²) < 4.78 is 10.7. The van der Waals surface area contributed by atoms with Gasteiger partial charge in [-0.2, -0.15) is 0 Å². The Balaban J connectivity index is 2.35. The van der Waals surface area contributed by atoms with Gasteiger partial charge in [0.15, 0.2) is 0 Å². The minimum atomic E-state index is -0.791. The second kappa shape index (κ2) is 13.5. The van der Waals surface area contributed by atoms with Gasteiger partial charge in [0, 0.05) is 12.8 Å². The van der Waals surface area contributed by atoms with Crippen LogP contribution in [-0.4, -0.2) is 18.2 Å². The number of ether oxygens (including phenoxy) is 2. The van der Waals surface area contributed by atoms with Crippen LogP contribution in [0.3, 0.4) is 0 Å². The van der Waals surface area contributed by atoms with Gasteiger partial charge in [-0.25, -0.2) is 4.79 Å². The molecule has 0 saturated carbocycles. The summed E-state index contributed by atoms with van der Waals surface area (Å²) in [6, 6.07) is 8.78. The molecule has 0 N–H and O–H groups in total. The van der Waals surface area contributed by atoms with E-state index in [0.29, 0.717) is 12.0 Å². The first-order valence-electron chi connectivity index (χ1n) is 9.62. The lowest BCUT2D eigenvalue weighted by Gasteiger charge is -2.18. The topological polar surface area (TPSA) is 52.6 Å². The fraction of sp³-hybridized carbons (Fsp3) is 0.619. The second-order valence-corrected chi connectivity index (χ2v) is 6.31. The van der Waals surface area contributed by atoms with Crippen molar-refractivity contribution in [3.8, 4) is 0 Å². The first-order valence-corrected chi connectivity index (χ1v) is 9.62. The number of carbonyl (C=O) groups excluding carboxylic acids is 2. The molecule has 0 saturated heterocycles. The molecule has 1 aromatic rings. The molecule has 0 aliphatic rings. The molecule has 1 rings (SSSR count). The Labute approximate surface area is 151 Å². The molecule has 0 spiro atoms. The van der Waals surface area contributed by atoms with Gasteiger partial charge in [-0.05, 0) is 18.6 Å². The SMILES string of the molecule is CCCCCCCCCCC(OC(=O)CC)OC(=O)c1ccccc1. The number of benzene rings is 1. The zero-order valence-electron chi connectivity index (χ0n) is 15.7. The van der Waals surface area contributed by atoms with Crippen molar-refractivity contribution >= 4 is 11.9 Å². The van der Waals surface area contributed by atoms with Crippen molar-refractivity contribution in [1.82, 2.24) is 0 Å². The van der Waals surface area contributed by atoms with E-state index in [1.165, 1.54) is 38.5 Å². The van der Waals surface area contributed by atoms with Crippen LogP contribution in [-0.2, 0) is 14.3 Å². The molecular weight excluding hydrogens is 316 g/mol. The van der Waals surface area contributed by atoms with Crippen LogP contribution >= 0.6 is 0 Å². The Morgan fingerprint density at radius 3 is 2.04 bits per heavy atom. The molecule has 4 heteroatoms. The van der Waals surface area contributed by atoms with Crippen molar-refractivity contribution in [1.29, 1.82) is 0 Å². The molecule has 4 nitrogen and oxygen atoms in total. The standard InChI is InChI=1S/C21H32O4/c1-3-5-6-7-8-9-10-14-17-20(24-19(22)4-2)25-21(23)18-15-12-11-13-16-18/h11-13,15-16,20H,3-10,14,17H2,1-2H3. The van der Waals surface area contributed by atoms with E-state index in [4.69, 9.17) is 9.47 Å². The van der Waals surface area contributed by atoms with Gasteiger partial charge in [0.25, 0.3) is 0 Å². The molecule has 0 aliphatic carbocycles. The van der Waals surface area contributed by atoms with E-state index in [2.05, 4.69) is 6.92 Å². The van der Waals surface area contributed by atoms with Crippen molar-refractivity contribution < 1.29 is 19.1 Å². The largest absolute Gasteiger partial charge is 0.425 e. The highest BCUT2D eigenvalue weighted by Crippen LogP contribution is 2.15. The normalized spacial score (nSPS) is 11.8. The van der Waals surface area contributed by atoms with Crippen LogP contribution in [0.2, 0.25) is 0 Å². The molecule has 0 aliphatic heterocycles. The maximum Gasteiger partial charge on any atom is 0.341 e. The van der Waals surface area contributed by atoms with Gasteiger partial charge in [-0.1, -0.05) is 77.0 Å². The van der Waals surface area contributed by atoms with Crippen LogP contribution in [0.4, 0.5) is 0 Å². The van der Waals surface area contributed by atoms with E-state index in [9.17, 15) is 9.59 Å². The molecule has 1 aromatic carbocycles. The first-order chi connectivity index (χ1) is 12.2. The first kappa shape index (κ1) is 21.2. The van der Waals surface area contributed by atoms with Crippen LogP contribution < -0.4 is 0 Å². The lowest BCUT2D eigenvalue weighted by Crippen LogP contribution is -2.24. The average Bonchev–Trinajstić information content (AvgIpc) is 2.64. The van der Waals surface area contributed by atoms with E-state index in [0.717, 1.165) is 12.8 Å². The van der Waals surface area contributed by atoms with E-state index >= 15 is 0 Å². The number of esters is 2. The summed E-state index contributed by atoms with van der Waals surface area (Å²) >= 11 is 0. The van der Waals surface area contributed by atoms with Crippen LogP contribution in [0.15, 0.2) is 30.3 Å². The lowest BCUT2D eigenvalue weighted by atomic mass is 10.1. The summed E-state index contributed by atoms with van der Waals surface area (Å²) in [4.78, 5) is 23.7. The van der Waals surface area contributed by atoms with Crippen molar-refractivity contribution in [2.45, 2.75) is 84.3 Å². The minimum Gasteiger partial charge on any atom is -0.425 e. The lowest BCUT2D eigenvalue weighted by molar-refractivity contribution is -0.169. The van der Waals surface area contributed by atoms with Gasteiger partial charge in [-0.3, -0.25) is 4.79 Å². The maximum absolute atomic E-state index is 12.1. The quantitative estimate of drug-likeness (QED) is 0.262. The van der Waals surface area contributed by atoms with Gasteiger partial charge < -0.3 is 9.47 Å². The van der Waals surface area contributed by atoms with Gasteiger partial charge >= 0.3 is 11.9 Å². The minimum absolute atomic E-state index is 0.275. The van der Waals surface area contributed by atoms with Crippen molar-refractivity contribution in [2.75, 3.05) is 0 Å². The third-order valence-electron chi connectivity index (χ3n) is 4.09. The fourth-order valence-electron chi connectivity index (χ4n) is 2.58. The number of unbranched alkanes of at least 4 members (excludes halogenated alkanes) is 7. The molecule has 0 aromatic heterocycles. The molecule has 0 radical (unpaired) electrons. The molecule has 25 heavy (non-hydrogen) atoms. The number of carbonyl (C=O) groups is 2. The third kappa shape index (κ3) is 9.90. The molecule has 0 heterocycles. The van der Waals surface area contributed by atoms with Crippen LogP contribution in [0, 0.1) is 0 Å². The molecule has 0 fully saturated rings. The average molecular weight is 348 g/mol. The third-order valence-corrected chi connectivity index (χ3v) is 4.09. The summed E-state index contributed by atoms with van der Waals surface area (Å²) in [5.41, 5.74) is 0.468. The molecular formula is C21H32O4. The summed E-state index contributed by atoms with van der Waals surface area (Å²) in [5, 5.41) is 0. The van der Waals surface area contributed by atoms with Crippen molar-refractivity contribution in [2.24, 2.45) is 0 Å². The Morgan fingerprint density at radius 1 is 0.840 bits per heavy atom. The summed E-state index contributed by atoms with van der Waals surface area (Å²) in [6.45, 7) is 3.95. The van der Waals surface area contributed by atoms with Crippen molar-refractivity contribution in [3.63, 3.8) is 0 Å². The highest BCUT2D eigenvalue weighted by Gasteiger charge is 2.19. The summed E-state index contributed by atoms with van der Waals surface area (Å²) in [5.74, 6) is -0.792. The Hall–Kier alpha value is -1.84. The number of hydrogen-bond acceptors (Lipinski definition) is 4. The maximum atomic E-state index is 12.1. The summed E-state index contributed by atoms with van der Waals surface area (Å²) in [7, 11) is 0. The predicted octanol–water partition coefficient (Wildman–Crippen LogP) is 5.65. The van der Waals surface area contributed by atoms with E-state index in [1.807, 2.05) is 6.07 Å². The molecule has 1 atom stereocenters. The van der Waals surface area contributed by atoms with Crippen LogP contribution in [0.25, 0.3) is 0 Å². The fourth-order valence-corrected chi connectivity index (χ4v) is 2.58. The Bertz CT molecular complexity index is 484. The summed E-state index contributed by atoms with van der Waals surface area (Å²) in [6.07, 6.45) is 9.56. The van der Waals surface area contributed by atoms with Gasteiger partial charge in [-0.15, -0.1) is 0 Å². The van der Waals surface area contributed by atoms with Gasteiger partial charge in [0.05, 0.1) is 5.56 Å². The smallest absolute Gasteiger partial charge is 0.341 e. The zero-order valence-corrected chi connectivity index (χ0v) is 15.7. The van der Waals surface area contributed by atoms with E-state index in [-0.39, 0.29) is 12.4 Å². The number of rotatable bonds is 13.